The molecule has 1 aromatic carbocycles. The molecular weight excluding hydrogens is 232 g/mol. The lowest BCUT2D eigenvalue weighted by atomic mass is 10.1. The Morgan fingerprint density at radius 2 is 2.33 bits per heavy atom. The van der Waals surface area contributed by atoms with Gasteiger partial charge in [-0.1, -0.05) is 12.5 Å². The molecule has 1 fully saturated rings. The third-order valence-corrected chi connectivity index (χ3v) is 3.12. The number of nitrogen functional groups attached to an aromatic ring is 1. The van der Waals surface area contributed by atoms with Gasteiger partial charge in [0.25, 0.3) is 0 Å². The molecule has 2 rings (SSSR count). The number of rotatable bonds is 4. The summed E-state index contributed by atoms with van der Waals surface area (Å²) < 4.78 is 5.60. The number of para-hydroxylation sites is 1. The number of nitrogens with two attached hydrogens (primary N) is 1. The monoisotopic (exact) mass is 250 g/mol. The van der Waals surface area contributed by atoms with Crippen LogP contribution in [0.15, 0.2) is 18.2 Å². The second kappa shape index (κ2) is 5.73. The molecule has 5 nitrogen and oxygen atoms in total. The lowest BCUT2D eigenvalue weighted by molar-refractivity contribution is 0.0691. The zero-order valence-electron chi connectivity index (χ0n) is 10.2. The second-order valence-electron chi connectivity index (χ2n) is 4.49. The number of hydrogen-bond donors (Lipinski definition) is 3. The summed E-state index contributed by atoms with van der Waals surface area (Å²) in [5.74, 6) is -0.744. The molecule has 18 heavy (non-hydrogen) atoms. The van der Waals surface area contributed by atoms with E-state index in [1.165, 1.54) is 18.9 Å². The minimum atomic E-state index is -1.02. The highest BCUT2D eigenvalue weighted by atomic mass is 16.5. The Hall–Kier alpha value is -1.75. The fourth-order valence-corrected chi connectivity index (χ4v) is 2.13. The summed E-state index contributed by atoms with van der Waals surface area (Å²) in [5.41, 5.74) is 6.25. The molecular formula is C13H18N2O3. The number of aromatic carboxylic acids is 1. The smallest absolute Gasteiger partial charge is 0.339 e. The van der Waals surface area contributed by atoms with E-state index in [0.717, 1.165) is 13.0 Å². The molecule has 0 saturated carbocycles. The summed E-state index contributed by atoms with van der Waals surface area (Å²) in [6.45, 7) is 1.44. The van der Waals surface area contributed by atoms with E-state index in [1.54, 1.807) is 12.1 Å². The van der Waals surface area contributed by atoms with Crippen molar-refractivity contribution in [3.05, 3.63) is 23.8 Å². The van der Waals surface area contributed by atoms with E-state index in [2.05, 4.69) is 5.32 Å². The standard InChI is InChI=1S/C13H18N2O3/c14-11-6-3-5-10(13(16)17)12(11)18-8-9-4-1-2-7-15-9/h3,5-6,9,15H,1-2,4,7-8,14H2,(H,16,17). The molecule has 1 atom stereocenters. The van der Waals surface area contributed by atoms with Crippen LogP contribution in [-0.4, -0.2) is 30.3 Å². The average molecular weight is 250 g/mol. The molecule has 1 aromatic rings. The van der Waals surface area contributed by atoms with E-state index in [1.807, 2.05) is 0 Å². The molecule has 5 heteroatoms. The molecule has 1 aliphatic rings. The third kappa shape index (κ3) is 2.92. The van der Waals surface area contributed by atoms with Gasteiger partial charge in [0.2, 0.25) is 0 Å². The van der Waals surface area contributed by atoms with Crippen molar-refractivity contribution in [2.24, 2.45) is 0 Å². The summed E-state index contributed by atoms with van der Waals surface area (Å²) in [6.07, 6.45) is 3.41. The molecule has 1 saturated heterocycles. The fraction of sp³-hybridized carbons (Fsp3) is 0.462. The van der Waals surface area contributed by atoms with Crippen LogP contribution in [0.5, 0.6) is 5.75 Å². The molecule has 1 aliphatic heterocycles. The molecule has 0 aromatic heterocycles. The number of anilines is 1. The Morgan fingerprint density at radius 3 is 3.00 bits per heavy atom. The van der Waals surface area contributed by atoms with Crippen LogP contribution in [-0.2, 0) is 0 Å². The number of benzene rings is 1. The van der Waals surface area contributed by atoms with Gasteiger partial charge < -0.3 is 20.9 Å². The van der Waals surface area contributed by atoms with E-state index in [9.17, 15) is 4.79 Å². The van der Waals surface area contributed by atoms with E-state index in [-0.39, 0.29) is 17.4 Å². The number of carboxylic acid groups (broad SMARTS) is 1. The maximum atomic E-state index is 11.1. The SMILES string of the molecule is Nc1cccc(C(=O)O)c1OCC1CCCCN1. The Labute approximate surface area is 106 Å². The van der Waals surface area contributed by atoms with Crippen molar-refractivity contribution in [3.63, 3.8) is 0 Å². The lowest BCUT2D eigenvalue weighted by Gasteiger charge is -2.24. The third-order valence-electron chi connectivity index (χ3n) is 3.12. The molecule has 0 aliphatic carbocycles. The van der Waals surface area contributed by atoms with Crippen LogP contribution in [0.25, 0.3) is 0 Å². The van der Waals surface area contributed by atoms with Gasteiger partial charge in [0, 0.05) is 6.04 Å². The molecule has 0 spiro atoms. The Bertz CT molecular complexity index is 428. The summed E-state index contributed by atoms with van der Waals surface area (Å²) in [4.78, 5) is 11.1. The second-order valence-corrected chi connectivity index (χ2v) is 4.49. The van der Waals surface area contributed by atoms with E-state index >= 15 is 0 Å². The normalized spacial score (nSPS) is 19.4. The Morgan fingerprint density at radius 1 is 1.50 bits per heavy atom. The Balaban J connectivity index is 2.05. The highest BCUT2D eigenvalue weighted by Crippen LogP contribution is 2.26. The average Bonchev–Trinajstić information content (AvgIpc) is 2.38. The first-order valence-electron chi connectivity index (χ1n) is 6.16. The van der Waals surface area contributed by atoms with Gasteiger partial charge in [-0.2, -0.15) is 0 Å². The topological polar surface area (TPSA) is 84.6 Å². The van der Waals surface area contributed by atoms with Crippen LogP contribution in [0.1, 0.15) is 29.6 Å². The van der Waals surface area contributed by atoms with Crippen molar-refractivity contribution in [1.29, 1.82) is 0 Å². The number of carbonyl (C=O) groups is 1. The number of hydrogen-bond acceptors (Lipinski definition) is 4. The summed E-state index contributed by atoms with van der Waals surface area (Å²) in [6, 6.07) is 5.04. The quantitative estimate of drug-likeness (QED) is 0.705. The number of piperidine rings is 1. The highest BCUT2D eigenvalue weighted by Gasteiger charge is 2.17. The maximum absolute atomic E-state index is 11.1. The zero-order chi connectivity index (χ0) is 13.0. The van der Waals surface area contributed by atoms with Gasteiger partial charge in [-0.25, -0.2) is 4.79 Å². The van der Waals surface area contributed by atoms with E-state index < -0.39 is 5.97 Å². The summed E-state index contributed by atoms with van der Waals surface area (Å²) in [7, 11) is 0. The van der Waals surface area contributed by atoms with Gasteiger partial charge in [0.15, 0.2) is 5.75 Å². The van der Waals surface area contributed by atoms with Crippen LogP contribution >= 0.6 is 0 Å². The van der Waals surface area contributed by atoms with Gasteiger partial charge >= 0.3 is 5.97 Å². The van der Waals surface area contributed by atoms with Crippen LogP contribution < -0.4 is 15.8 Å². The van der Waals surface area contributed by atoms with Gasteiger partial charge in [-0.15, -0.1) is 0 Å². The highest BCUT2D eigenvalue weighted by molar-refractivity contribution is 5.93. The van der Waals surface area contributed by atoms with Crippen LogP contribution in [0.4, 0.5) is 5.69 Å². The molecule has 0 radical (unpaired) electrons. The van der Waals surface area contributed by atoms with Gasteiger partial charge in [-0.3, -0.25) is 0 Å². The number of nitrogens with one attached hydrogen (secondary N) is 1. The molecule has 1 heterocycles. The van der Waals surface area contributed by atoms with Crippen molar-refractivity contribution in [1.82, 2.24) is 5.32 Å². The van der Waals surface area contributed by atoms with Crippen molar-refractivity contribution in [3.8, 4) is 5.75 Å². The molecule has 1 unspecified atom stereocenters. The lowest BCUT2D eigenvalue weighted by Crippen LogP contribution is -2.38. The Kier molecular flexibility index (Phi) is 4.04. The molecule has 4 N–H and O–H groups in total. The molecule has 0 bridgehead atoms. The zero-order valence-corrected chi connectivity index (χ0v) is 10.2. The van der Waals surface area contributed by atoms with Crippen molar-refractivity contribution < 1.29 is 14.6 Å². The van der Waals surface area contributed by atoms with Gasteiger partial charge in [-0.05, 0) is 31.5 Å². The van der Waals surface area contributed by atoms with Gasteiger partial charge in [0.1, 0.15) is 12.2 Å². The number of ether oxygens (including phenoxy) is 1. The van der Waals surface area contributed by atoms with Gasteiger partial charge in [0.05, 0.1) is 5.69 Å². The van der Waals surface area contributed by atoms with Crippen LogP contribution in [0.3, 0.4) is 0 Å². The first-order chi connectivity index (χ1) is 8.68. The predicted molar refractivity (Wildman–Crippen MR) is 69.0 cm³/mol. The van der Waals surface area contributed by atoms with Crippen LogP contribution in [0, 0.1) is 0 Å². The number of carboxylic acids is 1. The first kappa shape index (κ1) is 12.7. The predicted octanol–water partition coefficient (Wildman–Crippen LogP) is 1.49. The largest absolute Gasteiger partial charge is 0.489 e. The fourth-order valence-electron chi connectivity index (χ4n) is 2.13. The molecule has 98 valence electrons. The van der Waals surface area contributed by atoms with Crippen molar-refractivity contribution >= 4 is 11.7 Å². The summed E-state index contributed by atoms with van der Waals surface area (Å²) in [5, 5.41) is 12.4. The van der Waals surface area contributed by atoms with Crippen molar-refractivity contribution in [2.45, 2.75) is 25.3 Å². The molecule has 0 amide bonds. The van der Waals surface area contributed by atoms with E-state index in [0.29, 0.717) is 12.3 Å². The van der Waals surface area contributed by atoms with E-state index in [4.69, 9.17) is 15.6 Å². The first-order valence-corrected chi connectivity index (χ1v) is 6.16. The summed E-state index contributed by atoms with van der Waals surface area (Å²) >= 11 is 0. The minimum Gasteiger partial charge on any atom is -0.489 e. The van der Waals surface area contributed by atoms with Crippen molar-refractivity contribution in [2.75, 3.05) is 18.9 Å². The maximum Gasteiger partial charge on any atom is 0.339 e. The van der Waals surface area contributed by atoms with Crippen LogP contribution in [0.2, 0.25) is 0 Å². The minimum absolute atomic E-state index is 0.116.